The Morgan fingerprint density at radius 3 is 2.00 bits per heavy atom. The van der Waals surface area contributed by atoms with Gasteiger partial charge in [-0.25, -0.2) is 0 Å². The quantitative estimate of drug-likeness (QED) is 0.675. The van der Waals surface area contributed by atoms with Gasteiger partial charge in [0, 0.05) is 6.42 Å². The van der Waals surface area contributed by atoms with Crippen LogP contribution in [0.5, 0.6) is 0 Å². The van der Waals surface area contributed by atoms with Crippen molar-refractivity contribution in [1.29, 1.82) is 0 Å². The molecule has 1 aliphatic rings. The predicted octanol–water partition coefficient (Wildman–Crippen LogP) is 2.62. The molecule has 0 atom stereocenters. The fraction of sp³-hybridized carbons (Fsp3) is 0.917. The summed E-state index contributed by atoms with van der Waals surface area (Å²) in [6.45, 7) is 8.31. The number of carbonyl (C=O) groups excluding carboxylic acids is 1. The Morgan fingerprint density at radius 2 is 1.64 bits per heavy atom. The van der Waals surface area contributed by atoms with Crippen LogP contribution in [0.15, 0.2) is 0 Å². The van der Waals surface area contributed by atoms with Crippen molar-refractivity contribution in [3.8, 4) is 0 Å². The molecular weight excluding hydrogens is 174 g/mol. The van der Waals surface area contributed by atoms with Gasteiger partial charge in [-0.3, -0.25) is 9.69 Å². The van der Waals surface area contributed by atoms with Crippen molar-refractivity contribution >= 4 is 5.78 Å². The van der Waals surface area contributed by atoms with E-state index in [0.717, 1.165) is 25.9 Å². The molecule has 0 aliphatic heterocycles. The summed E-state index contributed by atoms with van der Waals surface area (Å²) in [6, 6.07) is 0. The molecule has 0 heterocycles. The first-order valence-corrected chi connectivity index (χ1v) is 5.99. The standard InChI is InChI=1S/C12H23NO/c1-4-11(14)12(9-7-8-10-12)13(5-2)6-3/h4-10H2,1-3H3. The van der Waals surface area contributed by atoms with Crippen molar-refractivity contribution < 1.29 is 4.79 Å². The maximum atomic E-state index is 12.1. The molecule has 0 aromatic heterocycles. The zero-order valence-corrected chi connectivity index (χ0v) is 9.81. The van der Waals surface area contributed by atoms with E-state index in [1.807, 2.05) is 6.92 Å². The molecule has 1 fully saturated rings. The average Bonchev–Trinajstić information content (AvgIpc) is 2.69. The second-order valence-corrected chi connectivity index (χ2v) is 4.19. The summed E-state index contributed by atoms with van der Waals surface area (Å²) >= 11 is 0. The van der Waals surface area contributed by atoms with E-state index in [1.54, 1.807) is 0 Å². The molecule has 2 nitrogen and oxygen atoms in total. The second-order valence-electron chi connectivity index (χ2n) is 4.19. The van der Waals surface area contributed by atoms with Crippen molar-refractivity contribution in [3.63, 3.8) is 0 Å². The van der Waals surface area contributed by atoms with Crippen LogP contribution >= 0.6 is 0 Å². The van der Waals surface area contributed by atoms with Gasteiger partial charge in [-0.15, -0.1) is 0 Å². The average molecular weight is 197 g/mol. The summed E-state index contributed by atoms with van der Waals surface area (Å²) in [6.07, 6.45) is 5.31. The van der Waals surface area contributed by atoms with E-state index >= 15 is 0 Å². The van der Waals surface area contributed by atoms with Gasteiger partial charge in [-0.2, -0.15) is 0 Å². The SMILES string of the molecule is CCC(=O)C1(N(CC)CC)CCCC1. The molecule has 1 saturated carbocycles. The molecule has 2 heteroatoms. The fourth-order valence-corrected chi connectivity index (χ4v) is 2.89. The highest BCUT2D eigenvalue weighted by Gasteiger charge is 2.43. The lowest BCUT2D eigenvalue weighted by Crippen LogP contribution is -2.52. The highest BCUT2D eigenvalue weighted by molar-refractivity contribution is 5.88. The van der Waals surface area contributed by atoms with E-state index in [2.05, 4.69) is 18.7 Å². The van der Waals surface area contributed by atoms with E-state index in [0.29, 0.717) is 12.2 Å². The Labute approximate surface area is 87.7 Å². The molecule has 14 heavy (non-hydrogen) atoms. The molecule has 0 aromatic rings. The Hall–Kier alpha value is -0.370. The fourth-order valence-electron chi connectivity index (χ4n) is 2.89. The van der Waals surface area contributed by atoms with Crippen LogP contribution in [0.4, 0.5) is 0 Å². The summed E-state index contributed by atoms with van der Waals surface area (Å²) < 4.78 is 0. The molecule has 0 spiro atoms. The molecule has 1 aliphatic carbocycles. The minimum Gasteiger partial charge on any atom is -0.298 e. The summed E-state index contributed by atoms with van der Waals surface area (Å²) in [5.41, 5.74) is -0.0851. The third-order valence-electron chi connectivity index (χ3n) is 3.64. The minimum absolute atomic E-state index is 0.0851. The van der Waals surface area contributed by atoms with Crippen LogP contribution < -0.4 is 0 Å². The predicted molar refractivity (Wildman–Crippen MR) is 59.4 cm³/mol. The van der Waals surface area contributed by atoms with Gasteiger partial charge in [0.2, 0.25) is 0 Å². The van der Waals surface area contributed by atoms with Crippen molar-refractivity contribution in [1.82, 2.24) is 4.90 Å². The van der Waals surface area contributed by atoms with Gasteiger partial charge in [-0.05, 0) is 25.9 Å². The number of hydrogen-bond donors (Lipinski definition) is 0. The molecule has 0 amide bonds. The summed E-state index contributed by atoms with van der Waals surface area (Å²) in [4.78, 5) is 14.4. The maximum Gasteiger partial charge on any atom is 0.152 e. The second kappa shape index (κ2) is 4.92. The molecule has 0 aromatic carbocycles. The smallest absolute Gasteiger partial charge is 0.152 e. The van der Waals surface area contributed by atoms with Gasteiger partial charge in [0.1, 0.15) is 0 Å². The van der Waals surface area contributed by atoms with E-state index in [9.17, 15) is 4.79 Å². The van der Waals surface area contributed by atoms with Crippen LogP contribution in [0.25, 0.3) is 0 Å². The molecule has 0 bridgehead atoms. The van der Waals surface area contributed by atoms with Crippen LogP contribution in [0.3, 0.4) is 0 Å². The molecule has 0 saturated heterocycles. The zero-order chi connectivity index (χ0) is 10.6. The molecule has 82 valence electrons. The molecule has 0 N–H and O–H groups in total. The van der Waals surface area contributed by atoms with E-state index in [1.165, 1.54) is 12.8 Å². The van der Waals surface area contributed by atoms with Crippen molar-refractivity contribution in [3.05, 3.63) is 0 Å². The Kier molecular flexibility index (Phi) is 4.11. The third kappa shape index (κ3) is 1.85. The van der Waals surface area contributed by atoms with E-state index in [-0.39, 0.29) is 5.54 Å². The van der Waals surface area contributed by atoms with Gasteiger partial charge >= 0.3 is 0 Å². The summed E-state index contributed by atoms with van der Waals surface area (Å²) in [7, 11) is 0. The highest BCUT2D eigenvalue weighted by Crippen LogP contribution is 2.36. The number of carbonyl (C=O) groups is 1. The van der Waals surface area contributed by atoms with Gasteiger partial charge in [0.25, 0.3) is 0 Å². The lowest BCUT2D eigenvalue weighted by Gasteiger charge is -2.38. The lowest BCUT2D eigenvalue weighted by atomic mass is 9.88. The van der Waals surface area contributed by atoms with Crippen LogP contribution in [-0.4, -0.2) is 29.3 Å². The molecule has 0 unspecified atom stereocenters. The van der Waals surface area contributed by atoms with Crippen molar-refractivity contribution in [2.24, 2.45) is 0 Å². The first-order valence-electron chi connectivity index (χ1n) is 5.99. The Bertz CT molecular complexity index is 190. The topological polar surface area (TPSA) is 20.3 Å². The van der Waals surface area contributed by atoms with Crippen LogP contribution in [0, 0.1) is 0 Å². The number of ketones is 1. The van der Waals surface area contributed by atoms with Gasteiger partial charge < -0.3 is 0 Å². The van der Waals surface area contributed by atoms with Crippen molar-refractivity contribution in [2.75, 3.05) is 13.1 Å². The van der Waals surface area contributed by atoms with E-state index < -0.39 is 0 Å². The van der Waals surface area contributed by atoms with Gasteiger partial charge in [-0.1, -0.05) is 33.6 Å². The molecule has 1 rings (SSSR count). The monoisotopic (exact) mass is 197 g/mol. The molecular formula is C12H23NO. The van der Waals surface area contributed by atoms with Crippen LogP contribution in [0.1, 0.15) is 52.9 Å². The number of rotatable bonds is 5. The van der Waals surface area contributed by atoms with E-state index in [4.69, 9.17) is 0 Å². The highest BCUT2D eigenvalue weighted by atomic mass is 16.1. The number of Topliss-reactive ketones (excluding diaryl/α,β-unsaturated/α-hetero) is 1. The third-order valence-corrected chi connectivity index (χ3v) is 3.64. The lowest BCUT2D eigenvalue weighted by molar-refractivity contribution is -0.130. The van der Waals surface area contributed by atoms with Crippen LogP contribution in [0.2, 0.25) is 0 Å². The largest absolute Gasteiger partial charge is 0.298 e. The minimum atomic E-state index is -0.0851. The zero-order valence-electron chi connectivity index (χ0n) is 9.81. The summed E-state index contributed by atoms with van der Waals surface area (Å²) in [5, 5.41) is 0. The number of likely N-dealkylation sites (N-methyl/N-ethyl adjacent to an activating group) is 1. The maximum absolute atomic E-state index is 12.1. The first-order chi connectivity index (χ1) is 6.71. The summed E-state index contributed by atoms with van der Waals surface area (Å²) in [5.74, 6) is 0.457. The van der Waals surface area contributed by atoms with Crippen molar-refractivity contribution in [2.45, 2.75) is 58.4 Å². The van der Waals surface area contributed by atoms with Crippen LogP contribution in [-0.2, 0) is 4.79 Å². The normalized spacial score (nSPS) is 20.3. The first kappa shape index (κ1) is 11.7. The molecule has 0 radical (unpaired) electrons. The number of nitrogens with zero attached hydrogens (tertiary/aromatic N) is 1. The number of hydrogen-bond acceptors (Lipinski definition) is 2. The van der Waals surface area contributed by atoms with Gasteiger partial charge in [0.05, 0.1) is 5.54 Å². The van der Waals surface area contributed by atoms with Gasteiger partial charge in [0.15, 0.2) is 5.78 Å². The Balaban J connectivity index is 2.85. The Morgan fingerprint density at radius 1 is 1.14 bits per heavy atom.